The average Bonchev–Trinajstić information content (AvgIpc) is 3.00. The Kier molecular flexibility index (Phi) is 3.49. The van der Waals surface area contributed by atoms with Crippen molar-refractivity contribution in [1.29, 1.82) is 0 Å². The van der Waals surface area contributed by atoms with Crippen LogP contribution in [0.1, 0.15) is 25.1 Å². The summed E-state index contributed by atoms with van der Waals surface area (Å²) in [7, 11) is 1.61. The highest BCUT2D eigenvalue weighted by atomic mass is 16.5. The molecule has 2 aromatic rings. The maximum atomic E-state index is 6.13. The molecule has 0 aromatic carbocycles. The molecular weight excluding hydrogens is 218 g/mol. The molecule has 2 atom stereocenters. The summed E-state index contributed by atoms with van der Waals surface area (Å²) in [6, 6.07) is 3.62. The minimum Gasteiger partial charge on any atom is -0.493 e. The van der Waals surface area contributed by atoms with E-state index in [0.29, 0.717) is 5.75 Å². The van der Waals surface area contributed by atoms with Crippen LogP contribution in [0.25, 0.3) is 0 Å². The lowest BCUT2D eigenvalue weighted by Crippen LogP contribution is -2.32. The van der Waals surface area contributed by atoms with Crippen LogP contribution in [0.2, 0.25) is 0 Å². The Hall–Kier alpha value is -1.75. The Morgan fingerprint density at radius 3 is 2.94 bits per heavy atom. The molecule has 0 aliphatic carbocycles. The lowest BCUT2D eigenvalue weighted by atomic mass is 10.0. The first-order valence-electron chi connectivity index (χ1n) is 5.63. The van der Waals surface area contributed by atoms with Crippen LogP contribution < -0.4 is 10.5 Å². The van der Waals surface area contributed by atoms with E-state index in [4.69, 9.17) is 14.9 Å². The largest absolute Gasteiger partial charge is 0.493 e. The number of ether oxygens (including phenoxy) is 1. The molecule has 0 bridgehead atoms. The fraction of sp³-hybridized carbons (Fsp3) is 0.417. The number of nitrogens with zero attached hydrogens (tertiary/aromatic N) is 2. The Morgan fingerprint density at radius 2 is 2.41 bits per heavy atom. The van der Waals surface area contributed by atoms with E-state index in [2.05, 4.69) is 5.10 Å². The molecule has 0 radical (unpaired) electrons. The zero-order valence-electron chi connectivity index (χ0n) is 10.0. The molecule has 0 spiro atoms. The van der Waals surface area contributed by atoms with Crippen molar-refractivity contribution in [2.24, 2.45) is 5.73 Å². The second-order valence-electron chi connectivity index (χ2n) is 3.89. The number of furan rings is 1. The normalized spacial score (nSPS) is 14.5. The zero-order chi connectivity index (χ0) is 12.3. The van der Waals surface area contributed by atoms with Crippen LogP contribution in [0.15, 0.2) is 35.2 Å². The lowest BCUT2D eigenvalue weighted by Gasteiger charge is -2.21. The smallest absolute Gasteiger partial charge is 0.156 e. The average molecular weight is 235 g/mol. The summed E-state index contributed by atoms with van der Waals surface area (Å²) in [5.74, 6) is 1.52. The second kappa shape index (κ2) is 5.05. The van der Waals surface area contributed by atoms with E-state index >= 15 is 0 Å². The van der Waals surface area contributed by atoms with Gasteiger partial charge in [-0.3, -0.25) is 4.68 Å². The number of nitrogens with two attached hydrogens (primary N) is 1. The van der Waals surface area contributed by atoms with Crippen LogP contribution >= 0.6 is 0 Å². The first kappa shape index (κ1) is 11.7. The van der Waals surface area contributed by atoms with E-state index in [0.717, 1.165) is 12.2 Å². The van der Waals surface area contributed by atoms with Crippen LogP contribution in [-0.4, -0.2) is 22.9 Å². The van der Waals surface area contributed by atoms with Crippen molar-refractivity contribution in [3.63, 3.8) is 0 Å². The standard InChI is InChI=1S/C12H17N3O2/c1-3-10(13)12(11-5-4-6-17-11)15-8-9(16-2)7-14-15/h4-8,10,12H,3,13H2,1-2H3. The lowest BCUT2D eigenvalue weighted by molar-refractivity contribution is 0.349. The first-order chi connectivity index (χ1) is 8.26. The summed E-state index contributed by atoms with van der Waals surface area (Å²) in [5.41, 5.74) is 6.13. The van der Waals surface area contributed by atoms with Crippen LogP contribution in [-0.2, 0) is 0 Å². The molecule has 2 rings (SSSR count). The van der Waals surface area contributed by atoms with E-state index in [1.165, 1.54) is 0 Å². The molecule has 0 saturated carbocycles. The molecule has 2 heterocycles. The predicted molar refractivity (Wildman–Crippen MR) is 63.9 cm³/mol. The minimum absolute atomic E-state index is 0.0502. The molecule has 0 aliphatic heterocycles. The molecule has 92 valence electrons. The van der Waals surface area contributed by atoms with Crippen molar-refractivity contribution >= 4 is 0 Å². The van der Waals surface area contributed by atoms with Gasteiger partial charge in [-0.2, -0.15) is 5.10 Å². The van der Waals surface area contributed by atoms with E-state index in [1.807, 2.05) is 25.3 Å². The third-order valence-corrected chi connectivity index (χ3v) is 2.81. The highest BCUT2D eigenvalue weighted by Gasteiger charge is 2.24. The number of hydrogen-bond donors (Lipinski definition) is 1. The Balaban J connectivity index is 2.33. The van der Waals surface area contributed by atoms with Crippen molar-refractivity contribution in [2.45, 2.75) is 25.4 Å². The van der Waals surface area contributed by atoms with Gasteiger partial charge in [0.05, 0.1) is 25.8 Å². The third-order valence-electron chi connectivity index (χ3n) is 2.81. The summed E-state index contributed by atoms with van der Waals surface area (Å²) in [6.07, 6.45) is 5.97. The molecule has 0 saturated heterocycles. The Labute approximate surface area is 100 Å². The summed E-state index contributed by atoms with van der Waals surface area (Å²) in [5, 5.41) is 4.26. The van der Waals surface area contributed by atoms with Gasteiger partial charge in [-0.25, -0.2) is 0 Å². The van der Waals surface area contributed by atoms with Crippen molar-refractivity contribution in [2.75, 3.05) is 7.11 Å². The molecule has 2 aromatic heterocycles. The van der Waals surface area contributed by atoms with Gasteiger partial charge in [0.2, 0.25) is 0 Å². The van der Waals surface area contributed by atoms with Gasteiger partial charge in [-0.05, 0) is 18.6 Å². The van der Waals surface area contributed by atoms with Gasteiger partial charge in [-0.1, -0.05) is 6.92 Å². The molecular formula is C12H17N3O2. The summed E-state index contributed by atoms with van der Waals surface area (Å²) in [4.78, 5) is 0. The van der Waals surface area contributed by atoms with E-state index < -0.39 is 0 Å². The van der Waals surface area contributed by atoms with Gasteiger partial charge < -0.3 is 14.9 Å². The van der Waals surface area contributed by atoms with Gasteiger partial charge in [0.25, 0.3) is 0 Å². The van der Waals surface area contributed by atoms with Gasteiger partial charge >= 0.3 is 0 Å². The molecule has 5 heteroatoms. The SMILES string of the molecule is CCC(N)C(c1ccco1)n1cc(OC)cn1. The van der Waals surface area contributed by atoms with Gasteiger partial charge in [-0.15, -0.1) is 0 Å². The summed E-state index contributed by atoms with van der Waals surface area (Å²) < 4.78 is 12.3. The van der Waals surface area contributed by atoms with Crippen LogP contribution in [0.4, 0.5) is 0 Å². The highest BCUT2D eigenvalue weighted by molar-refractivity contribution is 5.16. The molecule has 5 nitrogen and oxygen atoms in total. The number of rotatable bonds is 5. The number of methoxy groups -OCH3 is 1. The minimum atomic E-state index is -0.0982. The van der Waals surface area contributed by atoms with E-state index in [-0.39, 0.29) is 12.1 Å². The number of hydrogen-bond acceptors (Lipinski definition) is 4. The van der Waals surface area contributed by atoms with Crippen molar-refractivity contribution in [3.8, 4) is 5.75 Å². The van der Waals surface area contributed by atoms with Crippen molar-refractivity contribution in [1.82, 2.24) is 9.78 Å². The van der Waals surface area contributed by atoms with Crippen LogP contribution in [0.3, 0.4) is 0 Å². The molecule has 2 N–H and O–H groups in total. The van der Waals surface area contributed by atoms with Gasteiger partial charge in [0.15, 0.2) is 5.75 Å². The zero-order valence-corrected chi connectivity index (χ0v) is 10.0. The maximum absolute atomic E-state index is 6.13. The second-order valence-corrected chi connectivity index (χ2v) is 3.89. The molecule has 17 heavy (non-hydrogen) atoms. The third kappa shape index (κ3) is 2.34. The van der Waals surface area contributed by atoms with Gasteiger partial charge in [0, 0.05) is 6.04 Å². The molecule has 0 amide bonds. The Bertz CT molecular complexity index is 450. The van der Waals surface area contributed by atoms with Crippen LogP contribution in [0, 0.1) is 0 Å². The van der Waals surface area contributed by atoms with E-state index in [1.54, 1.807) is 24.3 Å². The predicted octanol–water partition coefficient (Wildman–Crippen LogP) is 1.81. The topological polar surface area (TPSA) is 66.2 Å². The summed E-state index contributed by atoms with van der Waals surface area (Å²) in [6.45, 7) is 2.04. The van der Waals surface area contributed by atoms with Crippen LogP contribution in [0.5, 0.6) is 5.75 Å². The van der Waals surface area contributed by atoms with Crippen molar-refractivity contribution < 1.29 is 9.15 Å². The molecule has 0 fully saturated rings. The fourth-order valence-corrected chi connectivity index (χ4v) is 1.80. The number of aromatic nitrogens is 2. The van der Waals surface area contributed by atoms with E-state index in [9.17, 15) is 0 Å². The quantitative estimate of drug-likeness (QED) is 0.858. The van der Waals surface area contributed by atoms with Crippen molar-refractivity contribution in [3.05, 3.63) is 36.5 Å². The molecule has 2 unspecified atom stereocenters. The first-order valence-corrected chi connectivity index (χ1v) is 5.63. The maximum Gasteiger partial charge on any atom is 0.156 e. The summed E-state index contributed by atoms with van der Waals surface area (Å²) >= 11 is 0. The fourth-order valence-electron chi connectivity index (χ4n) is 1.80. The Morgan fingerprint density at radius 1 is 1.59 bits per heavy atom. The van der Waals surface area contributed by atoms with Gasteiger partial charge in [0.1, 0.15) is 11.8 Å². The monoisotopic (exact) mass is 235 g/mol. The molecule has 0 aliphatic rings. The highest BCUT2D eigenvalue weighted by Crippen LogP contribution is 2.24.